The van der Waals surface area contributed by atoms with Crippen molar-refractivity contribution < 1.29 is 13.9 Å². The summed E-state index contributed by atoms with van der Waals surface area (Å²) >= 11 is 7.33. The van der Waals surface area contributed by atoms with Gasteiger partial charge in [-0.15, -0.1) is 10.2 Å². The summed E-state index contributed by atoms with van der Waals surface area (Å²) in [5.74, 6) is 0.249. The van der Waals surface area contributed by atoms with Crippen molar-refractivity contribution in [3.63, 3.8) is 0 Å². The van der Waals surface area contributed by atoms with Crippen molar-refractivity contribution in [1.82, 2.24) is 14.8 Å². The number of halogens is 2. The van der Waals surface area contributed by atoms with Gasteiger partial charge in [-0.3, -0.25) is 0 Å². The molecule has 0 aliphatic rings. The van der Waals surface area contributed by atoms with Gasteiger partial charge < -0.3 is 14.1 Å². The Morgan fingerprint density at radius 2 is 2.04 bits per heavy atom. The summed E-state index contributed by atoms with van der Waals surface area (Å²) in [4.78, 5) is 11.8. The zero-order valence-electron chi connectivity index (χ0n) is 14.5. The second-order valence-electron chi connectivity index (χ2n) is 6.02. The van der Waals surface area contributed by atoms with Gasteiger partial charge >= 0.3 is 5.63 Å². The van der Waals surface area contributed by atoms with E-state index in [9.17, 15) is 14.3 Å². The Morgan fingerprint density at radius 1 is 1.25 bits per heavy atom. The smallest absolute Gasteiger partial charge is 0.336 e. The number of rotatable bonds is 4. The lowest BCUT2D eigenvalue weighted by molar-refractivity contribution is 0.473. The number of aromatic hydroxyl groups is 1. The van der Waals surface area contributed by atoms with Gasteiger partial charge in [0, 0.05) is 30.3 Å². The van der Waals surface area contributed by atoms with Crippen LogP contribution in [-0.4, -0.2) is 19.9 Å². The number of phenolic OH excluding ortho intramolecular Hbond substituents is 1. The van der Waals surface area contributed by atoms with Crippen LogP contribution in [0.4, 0.5) is 4.39 Å². The minimum absolute atomic E-state index is 0.160. The fourth-order valence-electron chi connectivity index (χ4n) is 2.82. The average molecular weight is 418 g/mol. The van der Waals surface area contributed by atoms with Gasteiger partial charge in [0.15, 0.2) is 11.0 Å². The van der Waals surface area contributed by atoms with E-state index in [1.807, 2.05) is 0 Å². The van der Waals surface area contributed by atoms with Gasteiger partial charge in [0.25, 0.3) is 0 Å². The number of nitrogens with zero attached hydrogens (tertiary/aromatic N) is 3. The first-order chi connectivity index (χ1) is 13.4. The van der Waals surface area contributed by atoms with Gasteiger partial charge in [0.05, 0.1) is 10.6 Å². The second kappa shape index (κ2) is 7.29. The summed E-state index contributed by atoms with van der Waals surface area (Å²) in [7, 11) is 1.75. The summed E-state index contributed by atoms with van der Waals surface area (Å²) in [5.41, 5.74) is 0.746. The van der Waals surface area contributed by atoms with E-state index in [0.29, 0.717) is 33.2 Å². The summed E-state index contributed by atoms with van der Waals surface area (Å²) in [6, 6.07) is 10.6. The standard InChI is InChI=1S/C19H13ClFN3O3S/c1-24-18(11-4-2-3-5-14(11)21)22-23-19(24)28-9-10-6-17(26)27-16-8-15(25)13(20)7-12(10)16/h2-8,25H,9H2,1H3. The van der Waals surface area contributed by atoms with Crippen molar-refractivity contribution in [3.05, 3.63) is 69.3 Å². The lowest BCUT2D eigenvalue weighted by Gasteiger charge is -2.07. The van der Waals surface area contributed by atoms with E-state index in [1.54, 1.807) is 35.9 Å². The molecule has 0 saturated carbocycles. The third-order valence-corrected chi connectivity index (χ3v) is 5.58. The van der Waals surface area contributed by atoms with E-state index in [0.717, 1.165) is 0 Å². The normalized spacial score (nSPS) is 11.2. The maximum absolute atomic E-state index is 14.0. The Kier molecular flexibility index (Phi) is 4.82. The molecule has 0 aliphatic heterocycles. The van der Waals surface area contributed by atoms with E-state index in [2.05, 4.69) is 10.2 Å². The Morgan fingerprint density at radius 3 is 2.82 bits per heavy atom. The third kappa shape index (κ3) is 3.36. The van der Waals surface area contributed by atoms with Crippen molar-refractivity contribution in [2.24, 2.45) is 7.05 Å². The van der Waals surface area contributed by atoms with Crippen LogP contribution in [0, 0.1) is 5.82 Å². The number of hydrogen-bond donors (Lipinski definition) is 1. The largest absolute Gasteiger partial charge is 0.506 e. The molecule has 0 spiro atoms. The molecule has 0 unspecified atom stereocenters. The van der Waals surface area contributed by atoms with Crippen molar-refractivity contribution in [2.45, 2.75) is 10.9 Å². The molecular weight excluding hydrogens is 405 g/mol. The number of aromatic nitrogens is 3. The maximum atomic E-state index is 14.0. The molecule has 4 aromatic rings. The highest BCUT2D eigenvalue weighted by Crippen LogP contribution is 2.33. The molecular formula is C19H13ClFN3O3S. The molecule has 6 nitrogen and oxygen atoms in total. The van der Waals surface area contributed by atoms with Crippen LogP contribution in [0.2, 0.25) is 5.02 Å². The zero-order valence-corrected chi connectivity index (χ0v) is 16.1. The third-order valence-electron chi connectivity index (χ3n) is 4.20. The van der Waals surface area contributed by atoms with Crippen LogP contribution in [0.3, 0.4) is 0 Å². The van der Waals surface area contributed by atoms with Gasteiger partial charge in [-0.2, -0.15) is 0 Å². The van der Waals surface area contributed by atoms with E-state index in [-0.39, 0.29) is 22.2 Å². The van der Waals surface area contributed by atoms with Crippen LogP contribution in [0.1, 0.15) is 5.56 Å². The van der Waals surface area contributed by atoms with E-state index < -0.39 is 5.63 Å². The summed E-state index contributed by atoms with van der Waals surface area (Å²) in [6.07, 6.45) is 0. The number of thioether (sulfide) groups is 1. The maximum Gasteiger partial charge on any atom is 0.336 e. The molecule has 0 atom stereocenters. The fourth-order valence-corrected chi connectivity index (χ4v) is 3.88. The Hall–Kier alpha value is -2.84. The minimum Gasteiger partial charge on any atom is -0.506 e. The molecule has 0 bridgehead atoms. The monoisotopic (exact) mass is 417 g/mol. The van der Waals surface area contributed by atoms with Crippen LogP contribution in [0.25, 0.3) is 22.4 Å². The van der Waals surface area contributed by atoms with E-state index in [1.165, 1.54) is 30.0 Å². The topological polar surface area (TPSA) is 81.2 Å². The molecule has 2 heterocycles. The number of benzene rings is 2. The van der Waals surface area contributed by atoms with Crippen LogP contribution >= 0.6 is 23.4 Å². The van der Waals surface area contributed by atoms with Gasteiger partial charge in [-0.25, -0.2) is 9.18 Å². The highest BCUT2D eigenvalue weighted by Gasteiger charge is 2.16. The second-order valence-corrected chi connectivity index (χ2v) is 7.37. The highest BCUT2D eigenvalue weighted by molar-refractivity contribution is 7.98. The Bertz CT molecular complexity index is 1260. The predicted molar refractivity (Wildman–Crippen MR) is 105 cm³/mol. The Balaban J connectivity index is 1.67. The number of fused-ring (bicyclic) bond motifs is 1. The van der Waals surface area contributed by atoms with Crippen LogP contribution < -0.4 is 5.63 Å². The van der Waals surface area contributed by atoms with E-state index >= 15 is 0 Å². The molecule has 0 saturated heterocycles. The van der Waals surface area contributed by atoms with Gasteiger partial charge in [0.2, 0.25) is 0 Å². The molecule has 9 heteroatoms. The predicted octanol–water partition coefficient (Wildman–Crippen LogP) is 4.38. The minimum atomic E-state index is -0.533. The molecule has 0 fully saturated rings. The van der Waals surface area contributed by atoms with Crippen molar-refractivity contribution >= 4 is 34.3 Å². The van der Waals surface area contributed by atoms with Gasteiger partial charge in [-0.05, 0) is 23.8 Å². The number of hydrogen-bond acceptors (Lipinski definition) is 6. The molecule has 0 amide bonds. The Labute approximate surface area is 167 Å². The SMILES string of the molecule is Cn1c(SCc2cc(=O)oc3cc(O)c(Cl)cc23)nnc1-c1ccccc1F. The van der Waals surface area contributed by atoms with E-state index in [4.69, 9.17) is 16.0 Å². The van der Waals surface area contributed by atoms with Crippen LogP contribution in [0.5, 0.6) is 5.75 Å². The molecule has 142 valence electrons. The molecule has 28 heavy (non-hydrogen) atoms. The molecule has 4 rings (SSSR count). The lowest BCUT2D eigenvalue weighted by Crippen LogP contribution is -2.01. The summed E-state index contributed by atoms with van der Waals surface area (Å²) in [6.45, 7) is 0. The molecule has 1 N–H and O–H groups in total. The van der Waals surface area contributed by atoms with Crippen LogP contribution in [-0.2, 0) is 12.8 Å². The van der Waals surface area contributed by atoms with Crippen molar-refractivity contribution in [2.75, 3.05) is 0 Å². The fraction of sp³-hybridized carbons (Fsp3) is 0.105. The van der Waals surface area contributed by atoms with Crippen LogP contribution in [0.15, 0.2) is 56.8 Å². The zero-order chi connectivity index (χ0) is 19.8. The van der Waals surface area contributed by atoms with Gasteiger partial charge in [-0.1, -0.05) is 35.5 Å². The van der Waals surface area contributed by atoms with Crippen molar-refractivity contribution in [1.29, 1.82) is 0 Å². The van der Waals surface area contributed by atoms with Crippen molar-refractivity contribution in [3.8, 4) is 17.1 Å². The molecule has 0 aliphatic carbocycles. The quantitative estimate of drug-likeness (QED) is 0.392. The number of phenols is 1. The lowest BCUT2D eigenvalue weighted by atomic mass is 10.1. The molecule has 2 aromatic heterocycles. The van der Waals surface area contributed by atoms with Gasteiger partial charge in [0.1, 0.15) is 17.1 Å². The average Bonchev–Trinajstić information content (AvgIpc) is 3.02. The molecule has 2 aromatic carbocycles. The summed E-state index contributed by atoms with van der Waals surface area (Å²) in [5, 5.41) is 19.3. The molecule has 0 radical (unpaired) electrons. The first kappa shape index (κ1) is 18.5. The summed E-state index contributed by atoms with van der Waals surface area (Å²) < 4.78 is 20.9. The first-order valence-corrected chi connectivity index (χ1v) is 9.52. The highest BCUT2D eigenvalue weighted by atomic mass is 35.5. The first-order valence-electron chi connectivity index (χ1n) is 8.16.